The lowest BCUT2D eigenvalue weighted by molar-refractivity contribution is 0.481. The quantitative estimate of drug-likeness (QED) is 0.705. The Morgan fingerprint density at radius 3 is 2.70 bits per heavy atom. The van der Waals surface area contributed by atoms with Crippen molar-refractivity contribution < 1.29 is 4.74 Å². The lowest BCUT2D eigenvalue weighted by atomic mass is 10.1. The number of hydrogen-bond donors (Lipinski definition) is 1. The Hall–Kier alpha value is -2.55. The second kappa shape index (κ2) is 4.85. The molecule has 0 aliphatic heterocycles. The fraction of sp³-hybridized carbons (Fsp3) is 0.118. The maximum atomic E-state index is 6.20. The number of nitrogen functional groups attached to an aromatic ring is 1. The molecule has 3 rings (SSSR count). The molecule has 3 aromatic rings. The normalized spacial score (nSPS) is 10.7. The van der Waals surface area contributed by atoms with Crippen molar-refractivity contribution in [2.45, 2.75) is 13.8 Å². The zero-order valence-corrected chi connectivity index (χ0v) is 11.6. The lowest BCUT2D eigenvalue weighted by Crippen LogP contribution is -1.95. The van der Waals surface area contributed by atoms with E-state index in [0.29, 0.717) is 11.4 Å². The molecular formula is C17H16N2O. The zero-order chi connectivity index (χ0) is 14.1. The van der Waals surface area contributed by atoms with E-state index in [9.17, 15) is 0 Å². The highest BCUT2D eigenvalue weighted by molar-refractivity contribution is 5.95. The maximum Gasteiger partial charge on any atom is 0.150 e. The van der Waals surface area contributed by atoms with Gasteiger partial charge in [-0.1, -0.05) is 12.1 Å². The number of pyridine rings is 1. The van der Waals surface area contributed by atoms with Crippen LogP contribution in [0.1, 0.15) is 11.1 Å². The minimum atomic E-state index is 0.644. The Kier molecular flexibility index (Phi) is 3.03. The topological polar surface area (TPSA) is 48.1 Å². The molecule has 1 heterocycles. The number of fused-ring (bicyclic) bond motifs is 1. The first-order valence-electron chi connectivity index (χ1n) is 6.53. The summed E-state index contributed by atoms with van der Waals surface area (Å²) in [5, 5.41) is 1.97. The van der Waals surface area contributed by atoms with Crippen LogP contribution in [0.5, 0.6) is 11.5 Å². The fourth-order valence-electron chi connectivity index (χ4n) is 2.21. The van der Waals surface area contributed by atoms with Crippen molar-refractivity contribution in [3.05, 3.63) is 59.9 Å². The fourth-order valence-corrected chi connectivity index (χ4v) is 2.21. The number of benzene rings is 2. The average molecular weight is 264 g/mol. The van der Waals surface area contributed by atoms with Crippen LogP contribution in [0.2, 0.25) is 0 Å². The highest BCUT2D eigenvalue weighted by Gasteiger charge is 2.08. The molecule has 0 fully saturated rings. The molecule has 1 aromatic heterocycles. The third kappa shape index (κ3) is 2.07. The van der Waals surface area contributed by atoms with Gasteiger partial charge in [0.1, 0.15) is 5.75 Å². The van der Waals surface area contributed by atoms with Crippen LogP contribution in [-0.4, -0.2) is 4.98 Å². The van der Waals surface area contributed by atoms with Crippen molar-refractivity contribution in [2.24, 2.45) is 0 Å². The molecule has 0 unspecified atom stereocenters. The summed E-state index contributed by atoms with van der Waals surface area (Å²) < 4.78 is 5.98. The molecule has 0 amide bonds. The van der Waals surface area contributed by atoms with E-state index in [4.69, 9.17) is 10.5 Å². The van der Waals surface area contributed by atoms with Crippen molar-refractivity contribution in [3.63, 3.8) is 0 Å². The number of rotatable bonds is 2. The molecule has 0 atom stereocenters. The number of anilines is 1. The molecule has 3 nitrogen and oxygen atoms in total. The third-order valence-corrected chi connectivity index (χ3v) is 3.60. The zero-order valence-electron chi connectivity index (χ0n) is 11.6. The van der Waals surface area contributed by atoms with Gasteiger partial charge in [0.25, 0.3) is 0 Å². The largest absolute Gasteiger partial charge is 0.455 e. The molecule has 0 spiro atoms. The summed E-state index contributed by atoms with van der Waals surface area (Å²) in [6.07, 6.45) is 3.54. The summed E-state index contributed by atoms with van der Waals surface area (Å²) in [4.78, 5) is 4.10. The van der Waals surface area contributed by atoms with Crippen molar-refractivity contribution in [1.82, 2.24) is 4.98 Å². The lowest BCUT2D eigenvalue weighted by Gasteiger charge is -2.13. The van der Waals surface area contributed by atoms with Crippen molar-refractivity contribution in [1.29, 1.82) is 0 Å². The Bertz CT molecular complexity index is 781. The van der Waals surface area contributed by atoms with Crippen LogP contribution in [0, 0.1) is 13.8 Å². The Balaban J connectivity index is 2.07. The van der Waals surface area contributed by atoms with Gasteiger partial charge in [0.15, 0.2) is 5.75 Å². The summed E-state index contributed by atoms with van der Waals surface area (Å²) in [7, 11) is 0. The van der Waals surface area contributed by atoms with E-state index in [2.05, 4.69) is 18.0 Å². The van der Waals surface area contributed by atoms with Gasteiger partial charge in [0.2, 0.25) is 0 Å². The minimum Gasteiger partial charge on any atom is -0.455 e. The highest BCUT2D eigenvalue weighted by atomic mass is 16.5. The smallest absolute Gasteiger partial charge is 0.150 e. The van der Waals surface area contributed by atoms with E-state index < -0.39 is 0 Å². The SMILES string of the molecule is Cc1cccc(Oc2ccc3cnccc3c2N)c1C. The minimum absolute atomic E-state index is 0.644. The predicted molar refractivity (Wildman–Crippen MR) is 82.1 cm³/mol. The van der Waals surface area contributed by atoms with E-state index in [0.717, 1.165) is 22.1 Å². The van der Waals surface area contributed by atoms with Gasteiger partial charge in [-0.2, -0.15) is 0 Å². The Morgan fingerprint density at radius 1 is 1.00 bits per heavy atom. The Labute approximate surface area is 118 Å². The molecule has 0 saturated heterocycles. The van der Waals surface area contributed by atoms with Gasteiger partial charge >= 0.3 is 0 Å². The van der Waals surface area contributed by atoms with Crippen molar-refractivity contribution in [3.8, 4) is 11.5 Å². The maximum absolute atomic E-state index is 6.20. The van der Waals surface area contributed by atoms with Gasteiger partial charge in [-0.25, -0.2) is 0 Å². The van der Waals surface area contributed by atoms with Crippen LogP contribution < -0.4 is 10.5 Å². The van der Waals surface area contributed by atoms with Gasteiger partial charge in [0, 0.05) is 23.2 Å². The molecule has 3 heteroatoms. The number of hydrogen-bond acceptors (Lipinski definition) is 3. The average Bonchev–Trinajstić information content (AvgIpc) is 2.47. The predicted octanol–water partition coefficient (Wildman–Crippen LogP) is 4.23. The van der Waals surface area contributed by atoms with E-state index in [1.54, 1.807) is 12.4 Å². The molecular weight excluding hydrogens is 248 g/mol. The summed E-state index contributed by atoms with van der Waals surface area (Å²) >= 11 is 0. The van der Waals surface area contributed by atoms with E-state index in [1.165, 1.54) is 5.56 Å². The van der Waals surface area contributed by atoms with Gasteiger partial charge in [-0.15, -0.1) is 0 Å². The number of nitrogens with zero attached hydrogens (tertiary/aromatic N) is 1. The van der Waals surface area contributed by atoms with E-state index in [-0.39, 0.29) is 0 Å². The first-order chi connectivity index (χ1) is 9.66. The van der Waals surface area contributed by atoms with Gasteiger partial charge in [-0.3, -0.25) is 4.98 Å². The van der Waals surface area contributed by atoms with Crippen molar-refractivity contribution >= 4 is 16.5 Å². The van der Waals surface area contributed by atoms with E-state index in [1.807, 2.05) is 37.3 Å². The summed E-state index contributed by atoms with van der Waals surface area (Å²) in [5.41, 5.74) is 9.17. The second-order valence-electron chi connectivity index (χ2n) is 4.87. The van der Waals surface area contributed by atoms with Gasteiger partial charge < -0.3 is 10.5 Å². The molecule has 20 heavy (non-hydrogen) atoms. The van der Waals surface area contributed by atoms with Gasteiger partial charge in [-0.05, 0) is 49.2 Å². The standard InChI is InChI=1S/C17H16N2O/c1-11-4-3-5-15(12(11)2)20-16-7-6-13-10-19-9-8-14(13)17(16)18/h3-10H,18H2,1-2H3. The van der Waals surface area contributed by atoms with Crippen LogP contribution in [0.15, 0.2) is 48.8 Å². The Morgan fingerprint density at radius 2 is 1.85 bits per heavy atom. The first kappa shape index (κ1) is 12.5. The van der Waals surface area contributed by atoms with Crippen molar-refractivity contribution in [2.75, 3.05) is 5.73 Å². The molecule has 2 aromatic carbocycles. The highest BCUT2D eigenvalue weighted by Crippen LogP contribution is 2.34. The summed E-state index contributed by atoms with van der Waals surface area (Å²) in [5.74, 6) is 1.52. The second-order valence-corrected chi connectivity index (χ2v) is 4.87. The van der Waals surface area contributed by atoms with Gasteiger partial charge in [0.05, 0.1) is 5.69 Å². The number of aryl methyl sites for hydroxylation is 1. The van der Waals surface area contributed by atoms with E-state index >= 15 is 0 Å². The molecule has 0 aliphatic carbocycles. The summed E-state index contributed by atoms with van der Waals surface area (Å²) in [6, 6.07) is 11.8. The van der Waals surface area contributed by atoms with Crippen LogP contribution in [0.3, 0.4) is 0 Å². The molecule has 0 saturated carbocycles. The third-order valence-electron chi connectivity index (χ3n) is 3.60. The van der Waals surface area contributed by atoms with Crippen LogP contribution in [0.4, 0.5) is 5.69 Å². The number of ether oxygens (including phenoxy) is 1. The number of nitrogens with two attached hydrogens (primary N) is 1. The van der Waals surface area contributed by atoms with Crippen LogP contribution in [-0.2, 0) is 0 Å². The number of aromatic nitrogens is 1. The molecule has 0 aliphatic rings. The summed E-state index contributed by atoms with van der Waals surface area (Å²) in [6.45, 7) is 4.11. The molecule has 2 N–H and O–H groups in total. The first-order valence-corrected chi connectivity index (χ1v) is 6.53. The monoisotopic (exact) mass is 264 g/mol. The molecule has 100 valence electrons. The van der Waals surface area contributed by atoms with Crippen LogP contribution in [0.25, 0.3) is 10.8 Å². The molecule has 0 radical (unpaired) electrons. The molecule has 0 bridgehead atoms. The van der Waals surface area contributed by atoms with Crippen LogP contribution >= 0.6 is 0 Å².